The maximum Gasteiger partial charge on any atom is 0.223 e. The number of aromatic nitrogens is 2. The molecule has 0 saturated carbocycles. The highest BCUT2D eigenvalue weighted by atomic mass is 79.9. The Morgan fingerprint density at radius 3 is 2.41 bits per heavy atom. The molecule has 1 heterocycles. The first-order chi connectivity index (χ1) is 8.06. The van der Waals surface area contributed by atoms with E-state index in [-0.39, 0.29) is 0 Å². The standard InChI is InChI=1S/C12H13BrN2O2/c1-7-4-10(5-8(2)12(7)13)16-6-11-14-9(3)17-15-11/h4-5H,6H2,1-3H3. The van der Waals surface area contributed by atoms with Crippen molar-refractivity contribution in [2.75, 3.05) is 0 Å². The van der Waals surface area contributed by atoms with Crippen LogP contribution in [0.25, 0.3) is 0 Å². The van der Waals surface area contributed by atoms with Crippen molar-refractivity contribution in [1.29, 1.82) is 0 Å². The fraction of sp³-hybridized carbons (Fsp3) is 0.333. The summed E-state index contributed by atoms with van der Waals surface area (Å²) in [5.74, 6) is 1.91. The van der Waals surface area contributed by atoms with Gasteiger partial charge in [-0.15, -0.1) is 0 Å². The molecule has 0 aliphatic carbocycles. The van der Waals surface area contributed by atoms with Gasteiger partial charge in [-0.05, 0) is 37.1 Å². The molecule has 0 spiro atoms. The number of benzene rings is 1. The summed E-state index contributed by atoms with van der Waals surface area (Å²) in [5, 5.41) is 3.77. The zero-order valence-corrected chi connectivity index (χ0v) is 11.5. The molecule has 0 N–H and O–H groups in total. The predicted molar refractivity (Wildman–Crippen MR) is 67.0 cm³/mol. The van der Waals surface area contributed by atoms with Crippen LogP contribution in [0.5, 0.6) is 5.75 Å². The van der Waals surface area contributed by atoms with Gasteiger partial charge >= 0.3 is 0 Å². The van der Waals surface area contributed by atoms with E-state index in [4.69, 9.17) is 9.26 Å². The van der Waals surface area contributed by atoms with E-state index in [1.807, 2.05) is 26.0 Å². The van der Waals surface area contributed by atoms with Crippen LogP contribution in [0.2, 0.25) is 0 Å². The number of hydrogen-bond acceptors (Lipinski definition) is 4. The second-order valence-corrected chi connectivity index (χ2v) is 4.68. The van der Waals surface area contributed by atoms with Crippen LogP contribution in [-0.2, 0) is 6.61 Å². The molecule has 0 aliphatic rings. The second kappa shape index (κ2) is 4.87. The SMILES string of the molecule is Cc1nc(COc2cc(C)c(Br)c(C)c2)no1. The Kier molecular flexibility index (Phi) is 3.47. The van der Waals surface area contributed by atoms with Gasteiger partial charge < -0.3 is 9.26 Å². The maximum atomic E-state index is 5.62. The summed E-state index contributed by atoms with van der Waals surface area (Å²) in [5.41, 5.74) is 2.29. The largest absolute Gasteiger partial charge is 0.485 e. The predicted octanol–water partition coefficient (Wildman–Crippen LogP) is 3.34. The smallest absolute Gasteiger partial charge is 0.223 e. The van der Waals surface area contributed by atoms with Gasteiger partial charge in [0.1, 0.15) is 5.75 Å². The lowest BCUT2D eigenvalue weighted by Crippen LogP contribution is -1.98. The van der Waals surface area contributed by atoms with Crippen LogP contribution >= 0.6 is 15.9 Å². The van der Waals surface area contributed by atoms with E-state index in [0.29, 0.717) is 18.3 Å². The third kappa shape index (κ3) is 2.85. The fourth-order valence-corrected chi connectivity index (χ4v) is 1.77. The molecule has 0 atom stereocenters. The Bertz CT molecular complexity index is 514. The molecule has 0 amide bonds. The average molecular weight is 297 g/mol. The molecule has 90 valence electrons. The summed E-state index contributed by atoms with van der Waals surface area (Å²) in [6, 6.07) is 3.95. The van der Waals surface area contributed by atoms with Gasteiger partial charge in [-0.1, -0.05) is 21.1 Å². The molecule has 2 aromatic rings. The zero-order valence-electron chi connectivity index (χ0n) is 9.95. The minimum Gasteiger partial charge on any atom is -0.485 e. The Morgan fingerprint density at radius 1 is 1.24 bits per heavy atom. The van der Waals surface area contributed by atoms with Crippen molar-refractivity contribution in [2.45, 2.75) is 27.4 Å². The average Bonchev–Trinajstić information content (AvgIpc) is 2.69. The molecule has 0 radical (unpaired) electrons. The summed E-state index contributed by atoms with van der Waals surface area (Å²) in [4.78, 5) is 4.08. The summed E-state index contributed by atoms with van der Waals surface area (Å²) in [6.07, 6.45) is 0. The molecular formula is C12H13BrN2O2. The van der Waals surface area contributed by atoms with E-state index in [1.165, 1.54) is 0 Å². The molecular weight excluding hydrogens is 284 g/mol. The van der Waals surface area contributed by atoms with Crippen LogP contribution in [0.1, 0.15) is 22.8 Å². The van der Waals surface area contributed by atoms with Gasteiger partial charge in [-0.3, -0.25) is 0 Å². The molecule has 1 aromatic heterocycles. The number of rotatable bonds is 3. The fourth-order valence-electron chi connectivity index (χ4n) is 1.54. The first kappa shape index (κ1) is 12.1. The van der Waals surface area contributed by atoms with Crippen molar-refractivity contribution in [3.8, 4) is 5.75 Å². The van der Waals surface area contributed by atoms with Gasteiger partial charge in [0, 0.05) is 11.4 Å². The van der Waals surface area contributed by atoms with Crippen molar-refractivity contribution < 1.29 is 9.26 Å². The molecule has 5 heteroatoms. The second-order valence-electron chi connectivity index (χ2n) is 3.89. The minimum atomic E-state index is 0.317. The van der Waals surface area contributed by atoms with Crippen molar-refractivity contribution >= 4 is 15.9 Å². The number of hydrogen-bond donors (Lipinski definition) is 0. The Labute approximate surface area is 108 Å². The summed E-state index contributed by atoms with van der Waals surface area (Å²) >= 11 is 3.52. The molecule has 0 saturated heterocycles. The molecule has 1 aromatic carbocycles. The Balaban J connectivity index is 2.09. The first-order valence-electron chi connectivity index (χ1n) is 5.25. The van der Waals surface area contributed by atoms with Gasteiger partial charge in [0.15, 0.2) is 6.61 Å². The van der Waals surface area contributed by atoms with Gasteiger partial charge in [0.2, 0.25) is 11.7 Å². The van der Waals surface area contributed by atoms with Gasteiger partial charge in [-0.2, -0.15) is 4.98 Å². The van der Waals surface area contributed by atoms with Crippen molar-refractivity contribution in [2.24, 2.45) is 0 Å². The highest BCUT2D eigenvalue weighted by molar-refractivity contribution is 9.10. The van der Waals surface area contributed by atoms with Crippen molar-refractivity contribution in [1.82, 2.24) is 10.1 Å². The van der Waals surface area contributed by atoms with E-state index in [9.17, 15) is 0 Å². The summed E-state index contributed by atoms with van der Waals surface area (Å²) in [7, 11) is 0. The molecule has 17 heavy (non-hydrogen) atoms. The lowest BCUT2D eigenvalue weighted by atomic mass is 10.1. The first-order valence-corrected chi connectivity index (χ1v) is 6.04. The van der Waals surface area contributed by atoms with Crippen LogP contribution in [-0.4, -0.2) is 10.1 Å². The van der Waals surface area contributed by atoms with Crippen LogP contribution < -0.4 is 4.74 Å². The highest BCUT2D eigenvalue weighted by Crippen LogP contribution is 2.26. The van der Waals surface area contributed by atoms with E-state index in [2.05, 4.69) is 26.1 Å². The van der Waals surface area contributed by atoms with Crippen molar-refractivity contribution in [3.63, 3.8) is 0 Å². The molecule has 0 unspecified atom stereocenters. The third-order valence-electron chi connectivity index (χ3n) is 2.35. The molecule has 4 nitrogen and oxygen atoms in total. The topological polar surface area (TPSA) is 48.2 Å². The summed E-state index contributed by atoms with van der Waals surface area (Å²) in [6.45, 7) is 6.13. The normalized spacial score (nSPS) is 10.6. The minimum absolute atomic E-state index is 0.317. The Hall–Kier alpha value is -1.36. The van der Waals surface area contributed by atoms with Crippen LogP contribution in [0.4, 0.5) is 0 Å². The van der Waals surface area contributed by atoms with E-state index < -0.39 is 0 Å². The van der Waals surface area contributed by atoms with Crippen LogP contribution in [0, 0.1) is 20.8 Å². The van der Waals surface area contributed by atoms with Crippen molar-refractivity contribution in [3.05, 3.63) is 39.4 Å². The van der Waals surface area contributed by atoms with Crippen LogP contribution in [0.15, 0.2) is 21.1 Å². The van der Waals surface area contributed by atoms with Gasteiger partial charge in [0.25, 0.3) is 0 Å². The van der Waals surface area contributed by atoms with E-state index in [1.54, 1.807) is 6.92 Å². The summed E-state index contributed by atoms with van der Waals surface area (Å²) < 4.78 is 11.6. The third-order valence-corrected chi connectivity index (χ3v) is 3.60. The molecule has 0 fully saturated rings. The molecule has 0 bridgehead atoms. The highest BCUT2D eigenvalue weighted by Gasteiger charge is 2.06. The number of ether oxygens (including phenoxy) is 1. The van der Waals surface area contributed by atoms with E-state index in [0.717, 1.165) is 21.3 Å². The zero-order chi connectivity index (χ0) is 12.4. The molecule has 0 aliphatic heterocycles. The number of aryl methyl sites for hydroxylation is 3. The van der Waals surface area contributed by atoms with Crippen LogP contribution in [0.3, 0.4) is 0 Å². The van der Waals surface area contributed by atoms with E-state index >= 15 is 0 Å². The number of nitrogens with zero attached hydrogens (tertiary/aromatic N) is 2. The monoisotopic (exact) mass is 296 g/mol. The quantitative estimate of drug-likeness (QED) is 0.872. The lowest BCUT2D eigenvalue weighted by Gasteiger charge is -2.08. The lowest BCUT2D eigenvalue weighted by molar-refractivity contribution is 0.285. The molecule has 2 rings (SSSR count). The number of halogens is 1. The van der Waals surface area contributed by atoms with Gasteiger partial charge in [-0.25, -0.2) is 0 Å². The Morgan fingerprint density at radius 2 is 1.88 bits per heavy atom. The van der Waals surface area contributed by atoms with Gasteiger partial charge in [0.05, 0.1) is 0 Å². The maximum absolute atomic E-state index is 5.62.